The van der Waals surface area contributed by atoms with Crippen molar-refractivity contribution < 1.29 is 0 Å². The van der Waals surface area contributed by atoms with Gasteiger partial charge in [-0.15, -0.1) is 0 Å². The normalized spacial score (nSPS) is 13.0. The molecule has 0 aliphatic carbocycles. The van der Waals surface area contributed by atoms with E-state index in [1.807, 2.05) is 32.9 Å². The number of hydrogen-bond acceptors (Lipinski definition) is 1. The molecule has 11 heavy (non-hydrogen) atoms. The van der Waals surface area contributed by atoms with E-state index in [9.17, 15) is 0 Å². The van der Waals surface area contributed by atoms with Crippen molar-refractivity contribution in [2.45, 2.75) is 20.8 Å². The average molecular weight is 149 g/mol. The molecule has 0 radical (unpaired) electrons. The van der Waals surface area contributed by atoms with Crippen molar-refractivity contribution in [2.75, 3.05) is 0 Å². The zero-order valence-corrected chi connectivity index (χ0v) is 7.44. The molecule has 0 amide bonds. The Morgan fingerprint density at radius 2 is 1.73 bits per heavy atom. The molecular weight excluding hydrogens is 134 g/mol. The highest BCUT2D eigenvalue weighted by atomic mass is 14.3. The Hall–Kier alpha value is -1.11. The number of hydrogen-bond donors (Lipinski definition) is 1. The molecule has 0 rings (SSSR count). The lowest BCUT2D eigenvalue weighted by Crippen LogP contribution is -1.76. The van der Waals surface area contributed by atoms with Crippen LogP contribution >= 0.6 is 0 Å². The van der Waals surface area contributed by atoms with E-state index < -0.39 is 0 Å². The predicted octanol–water partition coefficient (Wildman–Crippen LogP) is 3.10. The van der Waals surface area contributed by atoms with E-state index in [0.29, 0.717) is 0 Å². The van der Waals surface area contributed by atoms with Gasteiger partial charge in [-0.1, -0.05) is 24.3 Å². The van der Waals surface area contributed by atoms with Gasteiger partial charge < -0.3 is 5.41 Å². The summed E-state index contributed by atoms with van der Waals surface area (Å²) in [5, 5.41) is 6.92. The fourth-order valence-electron chi connectivity index (χ4n) is 0.447. The zero-order valence-electron chi connectivity index (χ0n) is 7.44. The van der Waals surface area contributed by atoms with Crippen molar-refractivity contribution in [3.8, 4) is 0 Å². The molecule has 0 fully saturated rings. The van der Waals surface area contributed by atoms with Gasteiger partial charge in [-0.05, 0) is 31.9 Å². The van der Waals surface area contributed by atoms with Crippen LogP contribution in [0.4, 0.5) is 0 Å². The second-order valence-electron chi connectivity index (χ2n) is 2.69. The monoisotopic (exact) mass is 149 g/mol. The summed E-state index contributed by atoms with van der Waals surface area (Å²) < 4.78 is 0. The molecule has 0 aromatic rings. The molecule has 1 N–H and O–H groups in total. The Bertz CT molecular complexity index is 219. The lowest BCUT2D eigenvalue weighted by Gasteiger charge is -1.94. The first-order chi connectivity index (χ1) is 5.07. The third-order valence-electron chi connectivity index (χ3n) is 1.50. The Kier molecular flexibility index (Phi) is 4.20. The van der Waals surface area contributed by atoms with E-state index in [1.165, 1.54) is 6.21 Å². The lowest BCUT2D eigenvalue weighted by atomic mass is 10.1. The van der Waals surface area contributed by atoms with Crippen LogP contribution in [-0.4, -0.2) is 6.21 Å². The molecule has 0 unspecified atom stereocenters. The van der Waals surface area contributed by atoms with Crippen LogP contribution in [0.15, 0.2) is 35.5 Å². The maximum Gasteiger partial charge on any atom is 0.0207 e. The minimum atomic E-state index is 0.950. The molecule has 0 aliphatic rings. The summed E-state index contributed by atoms with van der Waals surface area (Å²) in [5.74, 6) is 0. The SMILES string of the molecule is C=C(C)/C(C)=C/C=C(/C)C=N. The summed E-state index contributed by atoms with van der Waals surface area (Å²) in [6.07, 6.45) is 5.22. The lowest BCUT2D eigenvalue weighted by molar-refractivity contribution is 1.36. The van der Waals surface area contributed by atoms with E-state index in [0.717, 1.165) is 16.7 Å². The van der Waals surface area contributed by atoms with Crippen LogP contribution < -0.4 is 0 Å². The fraction of sp³-hybridized carbons (Fsp3) is 0.300. The first-order valence-corrected chi connectivity index (χ1v) is 3.59. The van der Waals surface area contributed by atoms with Gasteiger partial charge in [0.25, 0.3) is 0 Å². The molecule has 1 heteroatoms. The van der Waals surface area contributed by atoms with Crippen molar-refractivity contribution in [1.29, 1.82) is 5.41 Å². The summed E-state index contributed by atoms with van der Waals surface area (Å²) in [6, 6.07) is 0. The molecule has 60 valence electrons. The predicted molar refractivity (Wildman–Crippen MR) is 51.1 cm³/mol. The first kappa shape index (κ1) is 9.89. The van der Waals surface area contributed by atoms with E-state index in [2.05, 4.69) is 6.58 Å². The second kappa shape index (κ2) is 4.67. The molecule has 0 aliphatic heterocycles. The highest BCUT2D eigenvalue weighted by Crippen LogP contribution is 2.05. The van der Waals surface area contributed by atoms with Crippen LogP contribution in [0.25, 0.3) is 0 Å². The van der Waals surface area contributed by atoms with Crippen LogP contribution in [0.3, 0.4) is 0 Å². The fourth-order valence-corrected chi connectivity index (χ4v) is 0.447. The third kappa shape index (κ3) is 4.31. The Morgan fingerprint density at radius 1 is 1.18 bits per heavy atom. The second-order valence-corrected chi connectivity index (χ2v) is 2.69. The standard InChI is InChI=1S/C10H15N/c1-8(2)10(4)6-5-9(3)7-11/h5-7,11H,1H2,2-4H3/b9-5-,10-6+,11-7?. The largest absolute Gasteiger partial charge is 0.308 e. The average Bonchev–Trinajstić information content (AvgIpc) is 1.99. The highest BCUT2D eigenvalue weighted by molar-refractivity contribution is 5.75. The molecule has 0 aromatic heterocycles. The Balaban J connectivity index is 4.34. The summed E-state index contributed by atoms with van der Waals surface area (Å²) in [6.45, 7) is 9.68. The summed E-state index contributed by atoms with van der Waals surface area (Å²) >= 11 is 0. The molecule has 0 saturated heterocycles. The van der Waals surface area contributed by atoms with E-state index >= 15 is 0 Å². The maximum atomic E-state index is 6.92. The van der Waals surface area contributed by atoms with Gasteiger partial charge in [0.05, 0.1) is 0 Å². The van der Waals surface area contributed by atoms with Crippen LogP contribution in [0.2, 0.25) is 0 Å². The first-order valence-electron chi connectivity index (χ1n) is 3.59. The summed E-state index contributed by atoms with van der Waals surface area (Å²) in [5.41, 5.74) is 3.18. The molecule has 0 spiro atoms. The molecule has 0 aromatic carbocycles. The maximum absolute atomic E-state index is 6.92. The highest BCUT2D eigenvalue weighted by Gasteiger charge is 1.85. The summed E-state index contributed by atoms with van der Waals surface area (Å²) in [4.78, 5) is 0. The van der Waals surface area contributed by atoms with E-state index in [-0.39, 0.29) is 0 Å². The van der Waals surface area contributed by atoms with Gasteiger partial charge in [-0.25, -0.2) is 0 Å². The van der Waals surface area contributed by atoms with Gasteiger partial charge in [0.1, 0.15) is 0 Å². The quantitative estimate of drug-likeness (QED) is 0.471. The Morgan fingerprint density at radius 3 is 2.09 bits per heavy atom. The van der Waals surface area contributed by atoms with Gasteiger partial charge in [-0.2, -0.15) is 0 Å². The van der Waals surface area contributed by atoms with Crippen LogP contribution in [0.5, 0.6) is 0 Å². The van der Waals surface area contributed by atoms with Gasteiger partial charge in [0.2, 0.25) is 0 Å². The molecular formula is C10H15N. The molecule has 0 saturated carbocycles. The van der Waals surface area contributed by atoms with Crippen molar-refractivity contribution in [1.82, 2.24) is 0 Å². The number of rotatable bonds is 3. The smallest absolute Gasteiger partial charge is 0.0207 e. The molecule has 0 atom stereocenters. The summed E-state index contributed by atoms with van der Waals surface area (Å²) in [7, 11) is 0. The van der Waals surface area contributed by atoms with Crippen LogP contribution in [0, 0.1) is 5.41 Å². The van der Waals surface area contributed by atoms with E-state index in [1.54, 1.807) is 0 Å². The van der Waals surface area contributed by atoms with Gasteiger partial charge >= 0.3 is 0 Å². The molecule has 1 nitrogen and oxygen atoms in total. The molecule has 0 bridgehead atoms. The van der Waals surface area contributed by atoms with Crippen LogP contribution in [0.1, 0.15) is 20.8 Å². The Labute approximate surface area is 68.6 Å². The van der Waals surface area contributed by atoms with Gasteiger partial charge in [0, 0.05) is 6.21 Å². The molecule has 0 heterocycles. The number of nitrogens with one attached hydrogen (secondary N) is 1. The van der Waals surface area contributed by atoms with Gasteiger partial charge in [0.15, 0.2) is 0 Å². The zero-order chi connectivity index (χ0) is 8.85. The van der Waals surface area contributed by atoms with Crippen molar-refractivity contribution in [3.05, 3.63) is 35.5 Å². The van der Waals surface area contributed by atoms with Crippen LogP contribution in [-0.2, 0) is 0 Å². The van der Waals surface area contributed by atoms with E-state index in [4.69, 9.17) is 5.41 Å². The van der Waals surface area contributed by atoms with Crippen molar-refractivity contribution in [3.63, 3.8) is 0 Å². The topological polar surface area (TPSA) is 23.9 Å². The minimum absolute atomic E-state index is 0.950. The van der Waals surface area contributed by atoms with Crippen molar-refractivity contribution >= 4 is 6.21 Å². The third-order valence-corrected chi connectivity index (χ3v) is 1.50. The van der Waals surface area contributed by atoms with Gasteiger partial charge in [-0.3, -0.25) is 0 Å². The minimum Gasteiger partial charge on any atom is -0.308 e. The van der Waals surface area contributed by atoms with Crippen molar-refractivity contribution in [2.24, 2.45) is 0 Å². The number of allylic oxidation sites excluding steroid dienone is 5.